The predicted molar refractivity (Wildman–Crippen MR) is 106 cm³/mol. The lowest BCUT2D eigenvalue weighted by Gasteiger charge is -2.23. The second-order valence-corrected chi connectivity index (χ2v) is 8.02. The number of imide groups is 1. The van der Waals surface area contributed by atoms with Crippen LogP contribution in [-0.2, 0) is 30.5 Å². The molecule has 3 amide bonds. The first-order valence-corrected chi connectivity index (χ1v) is 10.3. The number of amides is 3. The summed E-state index contributed by atoms with van der Waals surface area (Å²) in [5, 5.41) is 3.19. The van der Waals surface area contributed by atoms with E-state index in [1.807, 2.05) is 0 Å². The molecule has 1 aromatic carbocycles. The molecule has 1 aliphatic carbocycles. The molecule has 0 bridgehead atoms. The molecule has 0 spiro atoms. The highest BCUT2D eigenvalue weighted by Gasteiger charge is 2.51. The molecule has 2 aliphatic rings. The third kappa shape index (κ3) is 4.45. The number of esters is 1. The number of carbonyl (C=O) groups is 4. The van der Waals surface area contributed by atoms with Crippen LogP contribution in [0.5, 0.6) is 0 Å². The topological polar surface area (TPSA) is 92.8 Å². The van der Waals surface area contributed by atoms with E-state index in [1.54, 1.807) is 24.3 Å². The summed E-state index contributed by atoms with van der Waals surface area (Å²) in [5.74, 6) is -2.53. The first kappa shape index (κ1) is 21.3. The number of halogens is 1. The third-order valence-electron chi connectivity index (χ3n) is 5.68. The average molecular weight is 421 g/mol. The summed E-state index contributed by atoms with van der Waals surface area (Å²) in [6.07, 6.45) is 2.11. The van der Waals surface area contributed by atoms with Crippen molar-refractivity contribution in [1.82, 2.24) is 10.2 Å². The highest BCUT2D eigenvalue weighted by Crippen LogP contribution is 2.38. The molecular weight excluding hydrogens is 396 g/mol. The first-order valence-electron chi connectivity index (χ1n) is 9.89. The smallest absolute Gasteiger partial charge is 0.329 e. The van der Waals surface area contributed by atoms with Gasteiger partial charge in [0.25, 0.3) is 5.91 Å². The number of nitrogens with zero attached hydrogens (tertiary/aromatic N) is 1. The van der Waals surface area contributed by atoms with Crippen LogP contribution in [0, 0.1) is 11.8 Å². The van der Waals surface area contributed by atoms with Gasteiger partial charge in [-0.1, -0.05) is 42.6 Å². The SMILES string of the molecule is C[C@H](OC(=O)[C@H](C)N1C(=O)[C@H]2CCCC[C@@H]2C1=O)C(=O)NCc1ccccc1Cl. The number of hydrogen-bond donors (Lipinski definition) is 1. The Morgan fingerprint density at radius 1 is 1.14 bits per heavy atom. The molecule has 29 heavy (non-hydrogen) atoms. The van der Waals surface area contributed by atoms with Gasteiger partial charge in [0.1, 0.15) is 6.04 Å². The summed E-state index contributed by atoms with van der Waals surface area (Å²) in [6.45, 7) is 3.10. The van der Waals surface area contributed by atoms with Crippen LogP contribution < -0.4 is 5.32 Å². The van der Waals surface area contributed by atoms with Crippen molar-refractivity contribution in [3.63, 3.8) is 0 Å². The van der Waals surface area contributed by atoms with Crippen molar-refractivity contribution in [3.05, 3.63) is 34.9 Å². The second-order valence-electron chi connectivity index (χ2n) is 7.61. The van der Waals surface area contributed by atoms with Crippen LogP contribution in [0.3, 0.4) is 0 Å². The maximum Gasteiger partial charge on any atom is 0.329 e. The van der Waals surface area contributed by atoms with E-state index in [1.165, 1.54) is 13.8 Å². The van der Waals surface area contributed by atoms with Gasteiger partial charge in [-0.15, -0.1) is 0 Å². The number of carbonyl (C=O) groups excluding carboxylic acids is 4. The number of benzene rings is 1. The normalized spacial score (nSPS) is 23.3. The van der Waals surface area contributed by atoms with E-state index < -0.39 is 24.0 Å². The van der Waals surface area contributed by atoms with Crippen LogP contribution in [0.15, 0.2) is 24.3 Å². The van der Waals surface area contributed by atoms with E-state index in [0.29, 0.717) is 17.9 Å². The van der Waals surface area contributed by atoms with Crippen LogP contribution in [0.4, 0.5) is 0 Å². The van der Waals surface area contributed by atoms with Gasteiger partial charge in [-0.25, -0.2) is 4.79 Å². The van der Waals surface area contributed by atoms with Gasteiger partial charge in [-0.2, -0.15) is 0 Å². The van der Waals surface area contributed by atoms with Crippen LogP contribution in [0.1, 0.15) is 45.1 Å². The fourth-order valence-electron chi connectivity index (χ4n) is 3.97. The van der Waals surface area contributed by atoms with Gasteiger partial charge in [0.15, 0.2) is 6.10 Å². The zero-order valence-electron chi connectivity index (χ0n) is 16.5. The summed E-state index contributed by atoms with van der Waals surface area (Å²) < 4.78 is 5.22. The van der Waals surface area contributed by atoms with E-state index >= 15 is 0 Å². The number of ether oxygens (including phenoxy) is 1. The summed E-state index contributed by atoms with van der Waals surface area (Å²) in [4.78, 5) is 51.0. The minimum Gasteiger partial charge on any atom is -0.451 e. The number of fused-ring (bicyclic) bond motifs is 1. The molecule has 1 aliphatic heterocycles. The van der Waals surface area contributed by atoms with Crippen molar-refractivity contribution in [1.29, 1.82) is 0 Å². The summed E-state index contributed by atoms with van der Waals surface area (Å²) in [5.41, 5.74) is 0.741. The maximum atomic E-state index is 12.6. The minimum absolute atomic E-state index is 0.197. The van der Waals surface area contributed by atoms with E-state index in [0.717, 1.165) is 23.3 Å². The lowest BCUT2D eigenvalue weighted by molar-refractivity contribution is -0.164. The number of likely N-dealkylation sites (tertiary alicyclic amines) is 1. The second kappa shape index (κ2) is 8.95. The Bertz CT molecular complexity index is 803. The number of hydrogen-bond acceptors (Lipinski definition) is 5. The standard InChI is InChI=1S/C21H25ClN2O5/c1-12(24-19(26)15-8-4-5-9-16(15)20(24)27)21(28)29-13(2)18(25)23-11-14-7-3-6-10-17(14)22/h3,6-7,10,12-13,15-16H,4-5,8-9,11H2,1-2H3,(H,23,25)/t12-,13-,15-,16-/m0/s1. The van der Waals surface area contributed by atoms with Crippen molar-refractivity contribution < 1.29 is 23.9 Å². The maximum absolute atomic E-state index is 12.6. The van der Waals surface area contributed by atoms with E-state index in [-0.39, 0.29) is 30.2 Å². The molecule has 1 N–H and O–H groups in total. The Morgan fingerprint density at radius 2 is 1.72 bits per heavy atom. The third-order valence-corrected chi connectivity index (χ3v) is 6.05. The molecular formula is C21H25ClN2O5. The quantitative estimate of drug-likeness (QED) is 0.563. The molecule has 1 heterocycles. The molecule has 2 fully saturated rings. The molecule has 1 saturated heterocycles. The molecule has 0 radical (unpaired) electrons. The van der Waals surface area contributed by atoms with E-state index in [2.05, 4.69) is 5.32 Å². The largest absolute Gasteiger partial charge is 0.451 e. The number of rotatable bonds is 6. The van der Waals surface area contributed by atoms with Crippen LogP contribution >= 0.6 is 11.6 Å². The molecule has 1 aromatic rings. The van der Waals surface area contributed by atoms with Gasteiger partial charge in [0.05, 0.1) is 11.8 Å². The monoisotopic (exact) mass is 420 g/mol. The lowest BCUT2D eigenvalue weighted by atomic mass is 9.81. The average Bonchev–Trinajstić information content (AvgIpc) is 2.97. The Balaban J connectivity index is 1.56. The molecule has 7 nitrogen and oxygen atoms in total. The van der Waals surface area contributed by atoms with Crippen LogP contribution in [0.2, 0.25) is 5.02 Å². The van der Waals surface area contributed by atoms with Gasteiger partial charge in [0.2, 0.25) is 11.8 Å². The molecule has 4 atom stereocenters. The van der Waals surface area contributed by atoms with Crippen LogP contribution in [-0.4, -0.2) is 40.7 Å². The molecule has 156 valence electrons. The van der Waals surface area contributed by atoms with Crippen molar-refractivity contribution in [2.24, 2.45) is 11.8 Å². The van der Waals surface area contributed by atoms with Crippen LogP contribution in [0.25, 0.3) is 0 Å². The highest BCUT2D eigenvalue weighted by molar-refractivity contribution is 6.31. The summed E-state index contributed by atoms with van der Waals surface area (Å²) in [6, 6.07) is 6.04. The number of nitrogens with one attached hydrogen (secondary N) is 1. The van der Waals surface area contributed by atoms with E-state index in [9.17, 15) is 19.2 Å². The Morgan fingerprint density at radius 3 is 2.31 bits per heavy atom. The van der Waals surface area contributed by atoms with Crippen molar-refractivity contribution in [2.45, 2.75) is 58.2 Å². The summed E-state index contributed by atoms with van der Waals surface area (Å²) in [7, 11) is 0. The van der Waals surface area contributed by atoms with Gasteiger partial charge in [-0.05, 0) is 38.3 Å². The lowest BCUT2D eigenvalue weighted by Crippen LogP contribution is -2.46. The Labute approximate surface area is 174 Å². The minimum atomic E-state index is -1.07. The molecule has 8 heteroatoms. The highest BCUT2D eigenvalue weighted by atomic mass is 35.5. The Kier molecular flexibility index (Phi) is 6.57. The fourth-order valence-corrected chi connectivity index (χ4v) is 4.17. The predicted octanol–water partition coefficient (Wildman–Crippen LogP) is 2.45. The summed E-state index contributed by atoms with van der Waals surface area (Å²) >= 11 is 6.06. The zero-order chi connectivity index (χ0) is 21.1. The van der Waals surface area contributed by atoms with Gasteiger partial charge < -0.3 is 10.1 Å². The molecule has 3 rings (SSSR count). The first-order chi connectivity index (χ1) is 13.8. The van der Waals surface area contributed by atoms with Gasteiger partial charge in [0, 0.05) is 11.6 Å². The van der Waals surface area contributed by atoms with Crippen molar-refractivity contribution in [3.8, 4) is 0 Å². The molecule has 0 aromatic heterocycles. The Hall–Kier alpha value is -2.41. The van der Waals surface area contributed by atoms with Crippen molar-refractivity contribution >= 4 is 35.3 Å². The van der Waals surface area contributed by atoms with Crippen molar-refractivity contribution in [2.75, 3.05) is 0 Å². The van der Waals surface area contributed by atoms with Gasteiger partial charge >= 0.3 is 5.97 Å². The fraction of sp³-hybridized carbons (Fsp3) is 0.524. The zero-order valence-corrected chi connectivity index (χ0v) is 17.3. The van der Waals surface area contributed by atoms with E-state index in [4.69, 9.17) is 16.3 Å². The molecule has 1 saturated carbocycles. The van der Waals surface area contributed by atoms with Gasteiger partial charge in [-0.3, -0.25) is 19.3 Å². The molecule has 0 unspecified atom stereocenters.